The molecule has 3 rings (SSSR count). The summed E-state index contributed by atoms with van der Waals surface area (Å²) in [6.07, 6.45) is 3.60. The largest absolute Gasteiger partial charge is 0.497 e. The summed E-state index contributed by atoms with van der Waals surface area (Å²) in [5.41, 5.74) is 8.00. The highest BCUT2D eigenvalue weighted by molar-refractivity contribution is 5.95. The number of anilines is 1. The van der Waals surface area contributed by atoms with Crippen molar-refractivity contribution in [2.45, 2.75) is 25.7 Å². The van der Waals surface area contributed by atoms with Gasteiger partial charge >= 0.3 is 0 Å². The molecule has 132 valence electrons. The smallest absolute Gasteiger partial charge is 0.255 e. The fourth-order valence-electron chi connectivity index (χ4n) is 2.82. The van der Waals surface area contributed by atoms with Crippen LogP contribution in [0.4, 0.5) is 11.6 Å². The van der Waals surface area contributed by atoms with Crippen LogP contribution in [0.3, 0.4) is 0 Å². The van der Waals surface area contributed by atoms with Crippen molar-refractivity contribution >= 4 is 17.6 Å². The molecule has 8 heteroatoms. The first kappa shape index (κ1) is 16.8. The van der Waals surface area contributed by atoms with E-state index in [4.69, 9.17) is 15.2 Å². The Hall–Kier alpha value is -3.03. The third-order valence-electron chi connectivity index (χ3n) is 4.08. The number of aryl methyl sites for hydroxylation is 1. The van der Waals surface area contributed by atoms with E-state index in [0.29, 0.717) is 17.2 Å². The number of rotatable bonds is 4. The maximum atomic E-state index is 12.1. The highest BCUT2D eigenvalue weighted by Crippen LogP contribution is 2.29. The van der Waals surface area contributed by atoms with Crippen molar-refractivity contribution in [1.29, 1.82) is 0 Å². The number of nitrogens with zero attached hydrogens (tertiary/aromatic N) is 2. The van der Waals surface area contributed by atoms with Gasteiger partial charge in [-0.1, -0.05) is 0 Å². The summed E-state index contributed by atoms with van der Waals surface area (Å²) in [6, 6.07) is 5.27. The van der Waals surface area contributed by atoms with Crippen LogP contribution < -0.4 is 26.1 Å². The number of hydrogen-bond donors (Lipinski definition) is 3. The van der Waals surface area contributed by atoms with Crippen LogP contribution in [-0.4, -0.2) is 30.1 Å². The van der Waals surface area contributed by atoms with Crippen LogP contribution in [0.25, 0.3) is 0 Å². The molecule has 0 saturated carbocycles. The molecule has 4 N–H and O–H groups in total. The van der Waals surface area contributed by atoms with E-state index in [0.717, 1.165) is 36.9 Å². The van der Waals surface area contributed by atoms with Gasteiger partial charge in [0.05, 0.1) is 25.6 Å². The number of nitrogens with one attached hydrogen (secondary N) is 2. The number of H-pyrrole nitrogens is 1. The van der Waals surface area contributed by atoms with E-state index in [1.165, 1.54) is 0 Å². The number of nitrogens with two attached hydrogens (primary N) is 1. The van der Waals surface area contributed by atoms with Gasteiger partial charge in [-0.05, 0) is 37.8 Å². The summed E-state index contributed by atoms with van der Waals surface area (Å²) in [6.45, 7) is 0. The number of fused-ring (bicyclic) bond motifs is 1. The third kappa shape index (κ3) is 3.73. The van der Waals surface area contributed by atoms with Crippen LogP contribution in [0.1, 0.15) is 24.1 Å². The Labute approximate surface area is 145 Å². The lowest BCUT2D eigenvalue weighted by atomic mass is 9.97. The minimum absolute atomic E-state index is 0.0994. The number of guanidine groups is 1. The molecule has 0 spiro atoms. The van der Waals surface area contributed by atoms with Gasteiger partial charge in [0.25, 0.3) is 5.56 Å². The van der Waals surface area contributed by atoms with Crippen LogP contribution in [0.2, 0.25) is 0 Å². The average Bonchev–Trinajstić information content (AvgIpc) is 2.62. The molecule has 0 atom stereocenters. The molecule has 0 saturated heterocycles. The van der Waals surface area contributed by atoms with E-state index in [-0.39, 0.29) is 17.5 Å². The molecule has 0 fully saturated rings. The lowest BCUT2D eigenvalue weighted by molar-refractivity contribution is 0.395. The maximum Gasteiger partial charge on any atom is 0.255 e. The molecule has 0 unspecified atom stereocenters. The SMILES string of the molecule is COc1ccc(N/C(N)=N/c2nc3c(c(=O)[nH]2)CCCC3)c(OC)c1. The van der Waals surface area contributed by atoms with E-state index in [1.54, 1.807) is 32.4 Å². The van der Waals surface area contributed by atoms with Crippen LogP contribution in [0.5, 0.6) is 11.5 Å². The summed E-state index contributed by atoms with van der Waals surface area (Å²) in [7, 11) is 3.13. The number of aromatic amines is 1. The zero-order valence-electron chi connectivity index (χ0n) is 14.3. The van der Waals surface area contributed by atoms with Gasteiger partial charge < -0.3 is 20.5 Å². The van der Waals surface area contributed by atoms with Gasteiger partial charge in [0.15, 0.2) is 0 Å². The summed E-state index contributed by atoms with van der Waals surface area (Å²) in [4.78, 5) is 23.4. The lowest BCUT2D eigenvalue weighted by Gasteiger charge is -2.14. The highest BCUT2D eigenvalue weighted by Gasteiger charge is 2.15. The topological polar surface area (TPSA) is 115 Å². The Kier molecular flexibility index (Phi) is 4.87. The minimum Gasteiger partial charge on any atom is -0.497 e. The second-order valence-corrected chi connectivity index (χ2v) is 5.71. The number of methoxy groups -OCH3 is 2. The van der Waals surface area contributed by atoms with Crippen LogP contribution in [-0.2, 0) is 12.8 Å². The Morgan fingerprint density at radius 2 is 2.08 bits per heavy atom. The van der Waals surface area contributed by atoms with Crippen molar-refractivity contribution < 1.29 is 9.47 Å². The Morgan fingerprint density at radius 3 is 2.84 bits per heavy atom. The van der Waals surface area contributed by atoms with Gasteiger partial charge in [0.2, 0.25) is 11.9 Å². The number of benzene rings is 1. The second-order valence-electron chi connectivity index (χ2n) is 5.71. The molecule has 1 aliphatic rings. The van der Waals surface area contributed by atoms with Crippen LogP contribution in [0.15, 0.2) is 28.0 Å². The standard InChI is InChI=1S/C17H21N5O3/c1-24-10-7-8-13(14(9-10)25-2)19-16(18)22-17-20-12-6-4-3-5-11(12)15(23)21-17/h7-9H,3-6H2,1-2H3,(H4,18,19,20,21,22,23). The van der Waals surface area contributed by atoms with E-state index in [9.17, 15) is 4.79 Å². The third-order valence-corrected chi connectivity index (χ3v) is 4.08. The van der Waals surface area contributed by atoms with E-state index >= 15 is 0 Å². The molecule has 1 aromatic carbocycles. The van der Waals surface area contributed by atoms with Gasteiger partial charge in [-0.2, -0.15) is 4.99 Å². The number of aliphatic imine (C=N–C) groups is 1. The van der Waals surface area contributed by atoms with Crippen molar-refractivity contribution in [1.82, 2.24) is 9.97 Å². The number of aromatic nitrogens is 2. The van der Waals surface area contributed by atoms with Gasteiger partial charge in [-0.3, -0.25) is 9.78 Å². The summed E-state index contributed by atoms with van der Waals surface area (Å²) < 4.78 is 10.5. The predicted octanol–water partition coefficient (Wildman–Crippen LogP) is 1.72. The fourth-order valence-corrected chi connectivity index (χ4v) is 2.82. The normalized spacial score (nSPS) is 13.9. The second kappa shape index (κ2) is 7.25. The average molecular weight is 343 g/mol. The molecular weight excluding hydrogens is 322 g/mol. The summed E-state index contributed by atoms with van der Waals surface area (Å²) in [5.74, 6) is 1.52. The molecule has 1 aromatic heterocycles. The fraction of sp³-hybridized carbons (Fsp3) is 0.353. The molecular formula is C17H21N5O3. The molecule has 0 aliphatic heterocycles. The molecule has 1 aliphatic carbocycles. The number of ether oxygens (including phenoxy) is 2. The van der Waals surface area contributed by atoms with Gasteiger partial charge in [-0.15, -0.1) is 0 Å². The zero-order valence-corrected chi connectivity index (χ0v) is 14.3. The Balaban J connectivity index is 1.85. The molecule has 0 bridgehead atoms. The monoisotopic (exact) mass is 343 g/mol. The van der Waals surface area contributed by atoms with Crippen molar-refractivity contribution in [3.05, 3.63) is 39.8 Å². The Morgan fingerprint density at radius 1 is 1.28 bits per heavy atom. The first-order valence-electron chi connectivity index (χ1n) is 8.06. The zero-order chi connectivity index (χ0) is 17.8. The maximum absolute atomic E-state index is 12.1. The van der Waals surface area contributed by atoms with E-state index in [2.05, 4.69) is 20.3 Å². The van der Waals surface area contributed by atoms with Gasteiger partial charge in [0.1, 0.15) is 11.5 Å². The molecule has 2 aromatic rings. The van der Waals surface area contributed by atoms with Crippen molar-refractivity contribution in [3.8, 4) is 11.5 Å². The van der Waals surface area contributed by atoms with E-state index < -0.39 is 0 Å². The number of hydrogen-bond acceptors (Lipinski definition) is 5. The lowest BCUT2D eigenvalue weighted by Crippen LogP contribution is -2.24. The van der Waals surface area contributed by atoms with Crippen LogP contribution in [0, 0.1) is 0 Å². The molecule has 0 amide bonds. The molecule has 8 nitrogen and oxygen atoms in total. The molecule has 25 heavy (non-hydrogen) atoms. The first-order valence-corrected chi connectivity index (χ1v) is 8.06. The van der Waals surface area contributed by atoms with Crippen molar-refractivity contribution in [2.24, 2.45) is 10.7 Å². The Bertz CT molecular complexity index is 860. The van der Waals surface area contributed by atoms with Crippen molar-refractivity contribution in [2.75, 3.05) is 19.5 Å². The quantitative estimate of drug-likeness (QED) is 0.575. The van der Waals surface area contributed by atoms with Crippen molar-refractivity contribution in [3.63, 3.8) is 0 Å². The predicted molar refractivity (Wildman–Crippen MR) is 96.0 cm³/mol. The van der Waals surface area contributed by atoms with Gasteiger partial charge in [-0.25, -0.2) is 4.98 Å². The molecule has 0 radical (unpaired) electrons. The summed E-state index contributed by atoms with van der Waals surface area (Å²) >= 11 is 0. The van der Waals surface area contributed by atoms with Gasteiger partial charge in [0, 0.05) is 11.6 Å². The minimum atomic E-state index is -0.140. The van der Waals surface area contributed by atoms with Crippen LogP contribution >= 0.6 is 0 Å². The first-order chi connectivity index (χ1) is 12.1. The van der Waals surface area contributed by atoms with E-state index in [1.807, 2.05) is 0 Å². The highest BCUT2D eigenvalue weighted by atomic mass is 16.5. The molecule has 1 heterocycles. The summed E-state index contributed by atoms with van der Waals surface area (Å²) in [5, 5.41) is 2.95.